The molecule has 8 heteroatoms. The summed E-state index contributed by atoms with van der Waals surface area (Å²) in [6, 6.07) is 5.51. The van der Waals surface area contributed by atoms with Crippen molar-refractivity contribution in [3.63, 3.8) is 0 Å². The molecule has 96 valence electrons. The van der Waals surface area contributed by atoms with Gasteiger partial charge in [0.05, 0.1) is 5.75 Å². The van der Waals surface area contributed by atoms with Crippen molar-refractivity contribution in [2.45, 2.75) is 6.42 Å². The van der Waals surface area contributed by atoms with Crippen molar-refractivity contribution in [2.75, 3.05) is 5.75 Å². The van der Waals surface area contributed by atoms with Gasteiger partial charge >= 0.3 is 0 Å². The lowest BCUT2D eigenvalue weighted by atomic mass is 10.2. The highest BCUT2D eigenvalue weighted by atomic mass is 35.7. The van der Waals surface area contributed by atoms with Crippen LogP contribution in [-0.2, 0) is 15.5 Å². The molecule has 0 saturated heterocycles. The van der Waals surface area contributed by atoms with Gasteiger partial charge in [-0.1, -0.05) is 0 Å². The molecule has 0 amide bonds. The quantitative estimate of drug-likeness (QED) is 0.805. The van der Waals surface area contributed by atoms with Gasteiger partial charge in [0, 0.05) is 22.7 Å². The van der Waals surface area contributed by atoms with Gasteiger partial charge in [-0.05, 0) is 24.3 Å². The molecule has 18 heavy (non-hydrogen) atoms. The molecular formula is C10H8ClFN2O3S. The summed E-state index contributed by atoms with van der Waals surface area (Å²) in [6.07, 6.45) is 0.0417. The topological polar surface area (TPSA) is 73.1 Å². The third-order valence-corrected chi connectivity index (χ3v) is 3.27. The average molecular weight is 291 g/mol. The molecule has 0 spiro atoms. The summed E-state index contributed by atoms with van der Waals surface area (Å²) in [7, 11) is 1.48. The molecule has 1 aromatic heterocycles. The van der Waals surface area contributed by atoms with E-state index >= 15 is 0 Å². The Labute approximate surface area is 107 Å². The summed E-state index contributed by atoms with van der Waals surface area (Å²) < 4.78 is 39.5. The number of hydrogen-bond acceptors (Lipinski definition) is 5. The molecule has 0 aliphatic carbocycles. The zero-order valence-electron chi connectivity index (χ0n) is 9.01. The molecule has 0 aliphatic rings. The van der Waals surface area contributed by atoms with Crippen LogP contribution in [-0.4, -0.2) is 24.4 Å². The first-order valence-electron chi connectivity index (χ1n) is 4.95. The third-order valence-electron chi connectivity index (χ3n) is 2.12. The fourth-order valence-electron chi connectivity index (χ4n) is 1.27. The predicted octanol–water partition coefficient (Wildman–Crippen LogP) is 1.99. The van der Waals surface area contributed by atoms with E-state index in [9.17, 15) is 12.8 Å². The Morgan fingerprint density at radius 1 is 1.22 bits per heavy atom. The molecule has 0 N–H and O–H groups in total. The van der Waals surface area contributed by atoms with Gasteiger partial charge in [0.2, 0.25) is 20.8 Å². The van der Waals surface area contributed by atoms with E-state index in [0.717, 1.165) is 0 Å². The van der Waals surface area contributed by atoms with E-state index in [0.29, 0.717) is 5.56 Å². The number of aromatic nitrogens is 2. The van der Waals surface area contributed by atoms with Crippen molar-refractivity contribution in [3.8, 4) is 11.5 Å². The number of hydrogen-bond donors (Lipinski definition) is 0. The minimum atomic E-state index is -3.59. The van der Waals surface area contributed by atoms with Crippen LogP contribution in [0.25, 0.3) is 11.5 Å². The van der Waals surface area contributed by atoms with Gasteiger partial charge in [-0.2, -0.15) is 0 Å². The minimum Gasteiger partial charge on any atom is -0.421 e. The van der Waals surface area contributed by atoms with Gasteiger partial charge in [0.15, 0.2) is 0 Å². The van der Waals surface area contributed by atoms with E-state index in [1.54, 1.807) is 0 Å². The second kappa shape index (κ2) is 5.03. The first-order valence-corrected chi connectivity index (χ1v) is 7.42. The Bertz CT molecular complexity index is 639. The first-order chi connectivity index (χ1) is 8.44. The van der Waals surface area contributed by atoms with E-state index in [1.165, 1.54) is 24.3 Å². The zero-order valence-corrected chi connectivity index (χ0v) is 10.6. The van der Waals surface area contributed by atoms with Crippen LogP contribution in [0.4, 0.5) is 4.39 Å². The lowest BCUT2D eigenvalue weighted by Crippen LogP contribution is -2.01. The fraction of sp³-hybridized carbons (Fsp3) is 0.200. The van der Waals surface area contributed by atoms with Crippen LogP contribution in [0.1, 0.15) is 5.89 Å². The van der Waals surface area contributed by atoms with Crippen molar-refractivity contribution < 1.29 is 17.2 Å². The standard InChI is InChI=1S/C10H8ClFN2O3S/c11-18(15,16)6-5-9-13-14-10(17-9)7-1-3-8(12)4-2-7/h1-4H,5-6H2. The molecule has 2 aromatic rings. The van der Waals surface area contributed by atoms with Gasteiger partial charge in [-0.25, -0.2) is 12.8 Å². The highest BCUT2D eigenvalue weighted by molar-refractivity contribution is 8.13. The molecule has 0 aliphatic heterocycles. The van der Waals surface area contributed by atoms with Crippen LogP contribution in [0.3, 0.4) is 0 Å². The van der Waals surface area contributed by atoms with E-state index in [1.807, 2.05) is 0 Å². The van der Waals surface area contributed by atoms with Crippen LogP contribution < -0.4 is 0 Å². The summed E-state index contributed by atoms with van der Waals surface area (Å²) in [5, 5.41) is 7.42. The molecule has 0 radical (unpaired) electrons. The molecule has 1 aromatic carbocycles. The molecule has 0 saturated carbocycles. The zero-order chi connectivity index (χ0) is 13.2. The molecule has 0 fully saturated rings. The number of nitrogens with zero attached hydrogens (tertiary/aromatic N) is 2. The average Bonchev–Trinajstić information content (AvgIpc) is 2.75. The highest BCUT2D eigenvalue weighted by Crippen LogP contribution is 2.18. The van der Waals surface area contributed by atoms with Crippen molar-refractivity contribution in [1.29, 1.82) is 0 Å². The Morgan fingerprint density at radius 2 is 1.89 bits per heavy atom. The van der Waals surface area contributed by atoms with Crippen molar-refractivity contribution >= 4 is 19.7 Å². The van der Waals surface area contributed by atoms with E-state index in [4.69, 9.17) is 15.1 Å². The Morgan fingerprint density at radius 3 is 2.50 bits per heavy atom. The van der Waals surface area contributed by atoms with Crippen molar-refractivity contribution in [1.82, 2.24) is 10.2 Å². The number of benzene rings is 1. The van der Waals surface area contributed by atoms with Crippen LogP contribution >= 0.6 is 10.7 Å². The van der Waals surface area contributed by atoms with Crippen LogP contribution in [0.5, 0.6) is 0 Å². The minimum absolute atomic E-state index is 0.0417. The summed E-state index contributed by atoms with van der Waals surface area (Å²) in [4.78, 5) is 0. The number of rotatable bonds is 4. The normalized spacial score (nSPS) is 11.7. The monoisotopic (exact) mass is 290 g/mol. The second-order valence-electron chi connectivity index (χ2n) is 3.50. The number of aryl methyl sites for hydroxylation is 1. The lowest BCUT2D eigenvalue weighted by Gasteiger charge is -1.94. The molecule has 0 unspecified atom stereocenters. The van der Waals surface area contributed by atoms with E-state index in [2.05, 4.69) is 10.2 Å². The van der Waals surface area contributed by atoms with Gasteiger partial charge in [-0.3, -0.25) is 0 Å². The first kappa shape index (κ1) is 13.0. The van der Waals surface area contributed by atoms with E-state index in [-0.39, 0.29) is 29.8 Å². The Balaban J connectivity index is 2.13. The maximum atomic E-state index is 12.7. The van der Waals surface area contributed by atoms with Crippen LogP contribution in [0.2, 0.25) is 0 Å². The molecule has 0 bridgehead atoms. The van der Waals surface area contributed by atoms with Gasteiger partial charge < -0.3 is 4.42 Å². The fourth-order valence-corrected chi connectivity index (χ4v) is 1.92. The molecule has 1 heterocycles. The maximum absolute atomic E-state index is 12.7. The molecule has 0 atom stereocenters. The van der Waals surface area contributed by atoms with Gasteiger partial charge in [0.1, 0.15) is 5.82 Å². The summed E-state index contributed by atoms with van der Waals surface area (Å²) in [6.45, 7) is 0. The molecular weight excluding hydrogens is 283 g/mol. The van der Waals surface area contributed by atoms with Gasteiger partial charge in [-0.15, -0.1) is 10.2 Å². The second-order valence-corrected chi connectivity index (χ2v) is 6.40. The largest absolute Gasteiger partial charge is 0.421 e. The molecule has 5 nitrogen and oxygen atoms in total. The van der Waals surface area contributed by atoms with Crippen molar-refractivity contribution in [2.24, 2.45) is 0 Å². The predicted molar refractivity (Wildman–Crippen MR) is 63.0 cm³/mol. The van der Waals surface area contributed by atoms with Crippen molar-refractivity contribution in [3.05, 3.63) is 36.0 Å². The molecule has 2 rings (SSSR count). The van der Waals surface area contributed by atoms with Gasteiger partial charge in [0.25, 0.3) is 0 Å². The van der Waals surface area contributed by atoms with Crippen LogP contribution in [0.15, 0.2) is 28.7 Å². The van der Waals surface area contributed by atoms with Crippen LogP contribution in [0, 0.1) is 5.82 Å². The third kappa shape index (κ3) is 3.51. The lowest BCUT2D eigenvalue weighted by molar-refractivity contribution is 0.511. The Kier molecular flexibility index (Phi) is 3.63. The highest BCUT2D eigenvalue weighted by Gasteiger charge is 2.12. The van der Waals surface area contributed by atoms with E-state index < -0.39 is 9.05 Å². The smallest absolute Gasteiger partial charge is 0.247 e. The Hall–Kier alpha value is -1.47. The number of halogens is 2. The summed E-state index contributed by atoms with van der Waals surface area (Å²) in [5.74, 6) is -0.276. The SMILES string of the molecule is O=S(=O)(Cl)CCc1nnc(-c2ccc(F)cc2)o1. The maximum Gasteiger partial charge on any atom is 0.247 e. The summed E-state index contributed by atoms with van der Waals surface area (Å²) in [5.41, 5.74) is 0.559. The summed E-state index contributed by atoms with van der Waals surface area (Å²) >= 11 is 0.